The number of anilines is 1. The Balaban J connectivity index is 1.73. The van der Waals surface area contributed by atoms with Gasteiger partial charge >= 0.3 is 12.1 Å². The molecule has 0 radical (unpaired) electrons. The number of aryl methyl sites for hydroxylation is 1. The third-order valence-corrected chi connectivity index (χ3v) is 7.63. The lowest BCUT2D eigenvalue weighted by Crippen LogP contribution is -2.31. The number of hydrogen-bond acceptors (Lipinski definition) is 6. The number of carbonyl (C=O) groups is 1. The van der Waals surface area contributed by atoms with Gasteiger partial charge in [-0.25, -0.2) is 19.7 Å². The van der Waals surface area contributed by atoms with Gasteiger partial charge in [-0.2, -0.15) is 13.2 Å². The smallest absolute Gasteiger partial charge is 0.416 e. The predicted molar refractivity (Wildman–Crippen MR) is 149 cm³/mol. The van der Waals surface area contributed by atoms with Crippen LogP contribution < -0.4 is 10.1 Å². The minimum atomic E-state index is -4.45. The summed E-state index contributed by atoms with van der Waals surface area (Å²) in [5.74, 6) is 0.103. The average molecular weight is 568 g/mol. The van der Waals surface area contributed by atoms with Crippen molar-refractivity contribution < 1.29 is 27.8 Å². The van der Waals surface area contributed by atoms with Gasteiger partial charge < -0.3 is 19.7 Å². The molecule has 1 aliphatic rings. The number of halogens is 3. The topological polar surface area (TPSA) is 102 Å². The number of fused-ring (bicyclic) bond motifs is 1. The zero-order valence-corrected chi connectivity index (χ0v) is 23.1. The Labute approximate surface area is 235 Å². The molecule has 8 nitrogen and oxygen atoms in total. The molecule has 216 valence electrons. The number of hydrogen-bond donors (Lipinski definition) is 2. The molecule has 2 aromatic heterocycles. The molecule has 0 spiro atoms. The van der Waals surface area contributed by atoms with Gasteiger partial charge in [0.2, 0.25) is 5.82 Å². The van der Waals surface area contributed by atoms with Gasteiger partial charge in [0.05, 0.1) is 17.7 Å². The first kappa shape index (κ1) is 28.4. The van der Waals surface area contributed by atoms with Crippen LogP contribution in [0.1, 0.15) is 67.3 Å². The molecule has 0 saturated heterocycles. The summed E-state index contributed by atoms with van der Waals surface area (Å²) < 4.78 is 47.5. The zero-order valence-electron chi connectivity index (χ0n) is 23.1. The molecule has 1 atom stereocenters. The van der Waals surface area contributed by atoms with Gasteiger partial charge in [0.15, 0.2) is 11.5 Å². The summed E-state index contributed by atoms with van der Waals surface area (Å²) in [4.78, 5) is 25.4. The lowest BCUT2D eigenvalue weighted by atomic mass is 9.80. The molecule has 11 heteroatoms. The van der Waals surface area contributed by atoms with E-state index < -0.39 is 17.7 Å². The number of carboxylic acid groups (broad SMARTS) is 1. The van der Waals surface area contributed by atoms with E-state index >= 15 is 0 Å². The summed E-state index contributed by atoms with van der Waals surface area (Å²) in [5, 5.41) is 13.2. The fraction of sp³-hybridized carbons (Fsp3) is 0.400. The normalized spacial score (nSPS) is 14.6. The van der Waals surface area contributed by atoms with Crippen molar-refractivity contribution in [2.45, 2.75) is 65.2 Å². The summed E-state index contributed by atoms with van der Waals surface area (Å²) >= 11 is 0. The number of nitrogens with zero attached hydrogens (tertiary/aromatic N) is 4. The maximum atomic E-state index is 13.3. The van der Waals surface area contributed by atoms with Gasteiger partial charge in [-0.15, -0.1) is 0 Å². The third kappa shape index (κ3) is 5.84. The second-order valence-electron chi connectivity index (χ2n) is 10.3. The Morgan fingerprint density at radius 2 is 1.80 bits per heavy atom. The number of benzene rings is 2. The summed E-state index contributed by atoms with van der Waals surface area (Å²) in [5.41, 5.74) is 2.21. The largest absolute Gasteiger partial charge is 0.493 e. The highest BCUT2D eigenvalue weighted by molar-refractivity contribution is 5.92. The molecule has 1 saturated carbocycles. The minimum Gasteiger partial charge on any atom is -0.493 e. The summed E-state index contributed by atoms with van der Waals surface area (Å²) in [6.45, 7) is 6.49. The van der Waals surface area contributed by atoms with E-state index in [0.717, 1.165) is 43.4 Å². The van der Waals surface area contributed by atoms with Crippen LogP contribution in [0.15, 0.2) is 42.5 Å². The molecule has 2 aromatic carbocycles. The summed E-state index contributed by atoms with van der Waals surface area (Å²) in [6.07, 6.45) is -0.431. The van der Waals surface area contributed by atoms with Crippen LogP contribution in [0.4, 0.5) is 19.0 Å². The van der Waals surface area contributed by atoms with E-state index in [1.165, 1.54) is 12.1 Å². The van der Waals surface area contributed by atoms with Crippen LogP contribution in [0.2, 0.25) is 0 Å². The number of rotatable bonds is 10. The summed E-state index contributed by atoms with van der Waals surface area (Å²) in [6, 6.07) is 10.8. The van der Waals surface area contributed by atoms with Crippen LogP contribution in [-0.4, -0.2) is 43.2 Å². The molecule has 2 N–H and O–H groups in total. The number of nitrogens with one attached hydrogen (secondary N) is 1. The van der Waals surface area contributed by atoms with Crippen LogP contribution in [0, 0.1) is 5.92 Å². The molecule has 0 bridgehead atoms. The van der Waals surface area contributed by atoms with Crippen LogP contribution >= 0.6 is 0 Å². The van der Waals surface area contributed by atoms with Gasteiger partial charge in [-0.3, -0.25) is 0 Å². The van der Waals surface area contributed by atoms with Gasteiger partial charge in [0.1, 0.15) is 17.1 Å². The number of imidazole rings is 1. The van der Waals surface area contributed by atoms with Gasteiger partial charge in [-0.1, -0.05) is 31.5 Å². The fourth-order valence-electron chi connectivity index (χ4n) is 5.10. The second-order valence-corrected chi connectivity index (χ2v) is 10.3. The third-order valence-electron chi connectivity index (χ3n) is 7.63. The van der Waals surface area contributed by atoms with Gasteiger partial charge in [-0.05, 0) is 74.4 Å². The van der Waals surface area contributed by atoms with Crippen LogP contribution in [0.25, 0.3) is 22.6 Å². The molecule has 0 unspecified atom stereocenters. The van der Waals surface area contributed by atoms with Crippen LogP contribution in [0.3, 0.4) is 0 Å². The minimum absolute atomic E-state index is 0.0174. The molecule has 4 aromatic rings. The summed E-state index contributed by atoms with van der Waals surface area (Å²) in [7, 11) is 0. The number of alkyl halides is 3. The molecule has 0 aliphatic heterocycles. The monoisotopic (exact) mass is 567 g/mol. The standard InChI is InChI=1S/C30H32F3N5O3/c1-4-18-11-14-23(41-5-2)22(15-18)28-37-26-24(38(28)16-19-9-12-21(13-10-19)30(31,32)33)25(35-27(36-26)29(39)40)34-17(3)20-7-6-8-20/h9-15,17,20H,4-8,16H2,1-3H3,(H,39,40)(H,34,35,36)/t17-/m1/s1. The molecule has 1 aliphatic carbocycles. The van der Waals surface area contributed by atoms with E-state index in [9.17, 15) is 23.1 Å². The van der Waals surface area contributed by atoms with Crippen molar-refractivity contribution in [3.63, 3.8) is 0 Å². The Morgan fingerprint density at radius 1 is 1.10 bits per heavy atom. The molecule has 41 heavy (non-hydrogen) atoms. The van der Waals surface area contributed by atoms with E-state index in [1.54, 1.807) is 0 Å². The van der Waals surface area contributed by atoms with Crippen molar-refractivity contribution in [3.8, 4) is 17.1 Å². The molecule has 0 amide bonds. The number of ether oxygens (including phenoxy) is 1. The van der Waals surface area contributed by atoms with Crippen molar-refractivity contribution in [2.24, 2.45) is 5.92 Å². The van der Waals surface area contributed by atoms with Crippen molar-refractivity contribution in [1.82, 2.24) is 19.5 Å². The number of aromatic carboxylic acids is 1. The SMILES string of the molecule is CCOc1ccc(CC)cc1-c1nc2nc(C(=O)O)nc(N[C@H](C)C3CCC3)c2n1Cc1ccc(C(F)(F)F)cc1. The second kappa shape index (κ2) is 11.4. The maximum Gasteiger partial charge on any atom is 0.416 e. The number of aromatic nitrogens is 4. The molecule has 2 heterocycles. The van der Waals surface area contributed by atoms with E-state index in [-0.39, 0.29) is 24.1 Å². The first-order chi connectivity index (χ1) is 19.6. The first-order valence-corrected chi connectivity index (χ1v) is 13.8. The lowest BCUT2D eigenvalue weighted by molar-refractivity contribution is -0.137. The van der Waals surface area contributed by atoms with Gasteiger partial charge in [0.25, 0.3) is 0 Å². The van der Waals surface area contributed by atoms with E-state index in [0.29, 0.717) is 46.6 Å². The molecule has 1 fully saturated rings. The van der Waals surface area contributed by atoms with Crippen molar-refractivity contribution in [2.75, 3.05) is 11.9 Å². The average Bonchev–Trinajstić information content (AvgIpc) is 3.26. The Hall–Kier alpha value is -4.15. The van der Waals surface area contributed by atoms with Gasteiger partial charge in [0, 0.05) is 12.6 Å². The Kier molecular flexibility index (Phi) is 7.88. The highest BCUT2D eigenvalue weighted by Crippen LogP contribution is 2.37. The molecule has 5 rings (SSSR count). The van der Waals surface area contributed by atoms with E-state index in [4.69, 9.17) is 9.72 Å². The lowest BCUT2D eigenvalue weighted by Gasteiger charge is -2.32. The quantitative estimate of drug-likeness (QED) is 0.217. The Bertz CT molecular complexity index is 1560. The van der Waals surface area contributed by atoms with E-state index in [1.807, 2.05) is 43.5 Å². The first-order valence-electron chi connectivity index (χ1n) is 13.8. The van der Waals surface area contributed by atoms with Crippen LogP contribution in [0.5, 0.6) is 5.75 Å². The highest BCUT2D eigenvalue weighted by Gasteiger charge is 2.31. The zero-order chi connectivity index (χ0) is 29.3. The fourth-order valence-corrected chi connectivity index (χ4v) is 5.10. The van der Waals surface area contributed by atoms with Crippen molar-refractivity contribution in [1.29, 1.82) is 0 Å². The number of carboxylic acids is 1. The highest BCUT2D eigenvalue weighted by atomic mass is 19.4. The van der Waals surface area contributed by atoms with E-state index in [2.05, 4.69) is 15.3 Å². The Morgan fingerprint density at radius 3 is 2.39 bits per heavy atom. The van der Waals surface area contributed by atoms with Crippen molar-refractivity contribution >= 4 is 23.0 Å². The maximum absolute atomic E-state index is 13.3. The predicted octanol–water partition coefficient (Wildman–Crippen LogP) is 6.82. The van der Waals surface area contributed by atoms with Crippen molar-refractivity contribution in [3.05, 3.63) is 65.0 Å². The molecular formula is C30H32F3N5O3. The molecular weight excluding hydrogens is 535 g/mol. The van der Waals surface area contributed by atoms with Crippen LogP contribution in [-0.2, 0) is 19.1 Å².